The predicted octanol–water partition coefficient (Wildman–Crippen LogP) is 1.12. The van der Waals surface area contributed by atoms with Crippen molar-refractivity contribution in [3.63, 3.8) is 0 Å². The maximum atomic E-state index is 13.2. The van der Waals surface area contributed by atoms with Gasteiger partial charge < -0.3 is 11.6 Å². The number of fused-ring (bicyclic) bond motifs is 1. The number of aryl methyl sites for hydroxylation is 1. The number of hydrogen-bond donors (Lipinski definition) is 2. The second-order valence-corrected chi connectivity index (χ2v) is 8.78. The smallest absolute Gasteiger partial charge is 0.354 e. The molecule has 0 aliphatic carbocycles. The highest BCUT2D eigenvalue weighted by Crippen LogP contribution is 2.26. The maximum absolute atomic E-state index is 13.2. The van der Waals surface area contributed by atoms with Gasteiger partial charge in [-0.15, -0.1) is 11.3 Å². The van der Waals surface area contributed by atoms with E-state index in [4.69, 9.17) is 23.2 Å². The minimum absolute atomic E-state index is 0.0356. The summed E-state index contributed by atoms with van der Waals surface area (Å²) in [6.07, 6.45) is 0.813. The SMILES string of the molecule is CCc1nc2ccc(N=c3n(N)c(=O)n(CC(N)=O)c(=O)n3Cc3ccc(Cl)cc3)cc2s1. The Morgan fingerprint density at radius 3 is 2.52 bits per heavy atom. The number of nitrogens with zero attached hydrogens (tertiary/aromatic N) is 5. The van der Waals surface area contributed by atoms with Gasteiger partial charge in [0, 0.05) is 5.02 Å². The Balaban J connectivity index is 1.95. The summed E-state index contributed by atoms with van der Waals surface area (Å²) in [6, 6.07) is 12.2. The number of aromatic nitrogens is 4. The Morgan fingerprint density at radius 1 is 1.12 bits per heavy atom. The topological polar surface area (TPSA) is 143 Å². The molecule has 0 spiro atoms. The van der Waals surface area contributed by atoms with Crippen molar-refractivity contribution < 1.29 is 4.79 Å². The monoisotopic (exact) mass is 485 g/mol. The third-order valence-electron chi connectivity index (χ3n) is 4.87. The Labute approximate surface area is 196 Å². The van der Waals surface area contributed by atoms with Gasteiger partial charge in [-0.2, -0.15) is 4.68 Å². The number of thiazole rings is 1. The van der Waals surface area contributed by atoms with E-state index >= 15 is 0 Å². The molecule has 4 N–H and O–H groups in total. The molecule has 0 unspecified atom stereocenters. The van der Waals surface area contributed by atoms with E-state index in [2.05, 4.69) is 9.98 Å². The van der Waals surface area contributed by atoms with E-state index in [1.807, 2.05) is 19.1 Å². The van der Waals surface area contributed by atoms with E-state index in [1.54, 1.807) is 41.7 Å². The average molecular weight is 486 g/mol. The number of amides is 1. The number of benzene rings is 2. The van der Waals surface area contributed by atoms with Crippen LogP contribution in [-0.4, -0.2) is 24.7 Å². The van der Waals surface area contributed by atoms with Crippen LogP contribution in [0.2, 0.25) is 5.02 Å². The van der Waals surface area contributed by atoms with Crippen molar-refractivity contribution in [2.45, 2.75) is 26.4 Å². The lowest BCUT2D eigenvalue weighted by atomic mass is 10.2. The number of carbonyl (C=O) groups excluding carboxylic acids is 1. The molecule has 2 heterocycles. The Morgan fingerprint density at radius 2 is 1.85 bits per heavy atom. The van der Waals surface area contributed by atoms with E-state index in [0.717, 1.165) is 26.3 Å². The van der Waals surface area contributed by atoms with Crippen molar-refractivity contribution in [1.82, 2.24) is 18.8 Å². The van der Waals surface area contributed by atoms with Crippen molar-refractivity contribution in [2.75, 3.05) is 5.84 Å². The Hall–Kier alpha value is -3.70. The molecule has 4 aromatic rings. The van der Waals surface area contributed by atoms with Crippen LogP contribution in [-0.2, 0) is 24.3 Å². The average Bonchev–Trinajstić information content (AvgIpc) is 3.21. The summed E-state index contributed by atoms with van der Waals surface area (Å²) >= 11 is 7.50. The molecule has 10 nitrogen and oxygen atoms in total. The van der Waals surface area contributed by atoms with Crippen LogP contribution in [0.1, 0.15) is 17.5 Å². The molecule has 0 aliphatic heterocycles. The number of halogens is 1. The summed E-state index contributed by atoms with van der Waals surface area (Å²) < 4.78 is 3.54. The largest absolute Gasteiger partial charge is 0.368 e. The first-order chi connectivity index (χ1) is 15.8. The Kier molecular flexibility index (Phi) is 6.16. The molecule has 0 fully saturated rings. The maximum Gasteiger partial charge on any atom is 0.354 e. The van der Waals surface area contributed by atoms with Crippen molar-refractivity contribution in [2.24, 2.45) is 10.7 Å². The number of nitrogens with two attached hydrogens (primary N) is 2. The molecule has 0 bridgehead atoms. The molecule has 0 saturated heterocycles. The Bertz CT molecular complexity index is 1550. The van der Waals surface area contributed by atoms with Crippen LogP contribution in [0.5, 0.6) is 0 Å². The van der Waals surface area contributed by atoms with Crippen LogP contribution in [0, 0.1) is 0 Å². The van der Waals surface area contributed by atoms with Gasteiger partial charge in [-0.25, -0.2) is 24.1 Å². The fourth-order valence-electron chi connectivity index (χ4n) is 3.27. The number of primary amides is 1. The van der Waals surface area contributed by atoms with Gasteiger partial charge in [0.25, 0.3) is 0 Å². The summed E-state index contributed by atoms with van der Waals surface area (Å²) in [7, 11) is 0. The summed E-state index contributed by atoms with van der Waals surface area (Å²) in [5, 5.41) is 1.53. The molecule has 2 aromatic carbocycles. The second kappa shape index (κ2) is 9.04. The lowest BCUT2D eigenvalue weighted by molar-refractivity contribution is -0.118. The number of carbonyl (C=O) groups is 1. The van der Waals surface area contributed by atoms with E-state index in [1.165, 1.54) is 4.57 Å². The number of hydrogen-bond acceptors (Lipinski definition) is 7. The van der Waals surface area contributed by atoms with Crippen LogP contribution < -0.4 is 28.6 Å². The normalized spacial score (nSPS) is 11.9. The minimum Gasteiger partial charge on any atom is -0.368 e. The first kappa shape index (κ1) is 22.5. The van der Waals surface area contributed by atoms with E-state index < -0.39 is 23.8 Å². The lowest BCUT2D eigenvalue weighted by Crippen LogP contribution is -2.58. The first-order valence-corrected chi connectivity index (χ1v) is 11.1. The second-order valence-electron chi connectivity index (χ2n) is 7.23. The zero-order valence-electron chi connectivity index (χ0n) is 17.6. The van der Waals surface area contributed by atoms with Gasteiger partial charge in [-0.1, -0.05) is 30.7 Å². The molecule has 1 amide bonds. The van der Waals surface area contributed by atoms with Crippen LogP contribution in [0.25, 0.3) is 10.2 Å². The predicted molar refractivity (Wildman–Crippen MR) is 127 cm³/mol. The highest BCUT2D eigenvalue weighted by atomic mass is 35.5. The summed E-state index contributed by atoms with van der Waals surface area (Å²) in [5.74, 6) is 5.19. The van der Waals surface area contributed by atoms with Crippen molar-refractivity contribution in [3.05, 3.63) is 84.6 Å². The third kappa shape index (κ3) is 4.59. The van der Waals surface area contributed by atoms with Gasteiger partial charge in [0.15, 0.2) is 0 Å². The lowest BCUT2D eigenvalue weighted by Gasteiger charge is -2.13. The van der Waals surface area contributed by atoms with Gasteiger partial charge in [0.2, 0.25) is 11.5 Å². The number of rotatable bonds is 6. The van der Waals surface area contributed by atoms with E-state index in [0.29, 0.717) is 20.8 Å². The molecule has 0 radical (unpaired) electrons. The van der Waals surface area contributed by atoms with Crippen LogP contribution >= 0.6 is 22.9 Å². The molecule has 12 heteroatoms. The molecule has 33 heavy (non-hydrogen) atoms. The third-order valence-corrected chi connectivity index (χ3v) is 6.29. The molecule has 0 saturated carbocycles. The molecule has 2 aromatic heterocycles. The van der Waals surface area contributed by atoms with Crippen molar-refractivity contribution in [3.8, 4) is 0 Å². The van der Waals surface area contributed by atoms with E-state index in [9.17, 15) is 14.4 Å². The van der Waals surface area contributed by atoms with Crippen LogP contribution in [0.3, 0.4) is 0 Å². The zero-order chi connectivity index (χ0) is 23.7. The van der Waals surface area contributed by atoms with Gasteiger partial charge in [-0.05, 0) is 42.3 Å². The van der Waals surface area contributed by atoms with Crippen LogP contribution in [0.4, 0.5) is 5.69 Å². The van der Waals surface area contributed by atoms with Crippen molar-refractivity contribution in [1.29, 1.82) is 0 Å². The molecule has 0 aliphatic rings. The van der Waals surface area contributed by atoms with Gasteiger partial charge in [0.1, 0.15) is 6.54 Å². The fourth-order valence-corrected chi connectivity index (χ4v) is 4.34. The molecular weight excluding hydrogens is 466 g/mol. The fraction of sp³-hybridized carbons (Fsp3) is 0.190. The summed E-state index contributed by atoms with van der Waals surface area (Å²) in [6.45, 7) is 1.45. The van der Waals surface area contributed by atoms with E-state index in [-0.39, 0.29) is 12.2 Å². The standard InChI is InChI=1S/C21H20ClN7O3S/c1-2-18-26-15-8-7-14(9-16(15)33-18)25-19-27(10-12-3-5-13(22)6-4-12)20(31)28(11-17(23)30)21(32)29(19)24/h3-9H,2,10-11,24H2,1H3,(H2,23,30). The summed E-state index contributed by atoms with van der Waals surface area (Å²) in [4.78, 5) is 46.4. The van der Waals surface area contributed by atoms with Crippen molar-refractivity contribution >= 4 is 44.7 Å². The highest BCUT2D eigenvalue weighted by Gasteiger charge is 2.15. The molecular formula is C21H20ClN7O3S. The van der Waals surface area contributed by atoms with Crippen LogP contribution in [0.15, 0.2) is 57.0 Å². The quantitative estimate of drug-likeness (QED) is 0.393. The molecule has 0 atom stereocenters. The zero-order valence-corrected chi connectivity index (χ0v) is 19.1. The number of nitrogen functional groups attached to an aromatic ring is 1. The molecule has 170 valence electrons. The van der Waals surface area contributed by atoms with Gasteiger partial charge >= 0.3 is 11.4 Å². The minimum atomic E-state index is -0.906. The molecule has 4 rings (SSSR count). The first-order valence-electron chi connectivity index (χ1n) is 9.95. The van der Waals surface area contributed by atoms with Gasteiger partial charge in [0.05, 0.1) is 27.5 Å². The van der Waals surface area contributed by atoms with Gasteiger partial charge in [-0.3, -0.25) is 9.36 Å². The highest BCUT2D eigenvalue weighted by molar-refractivity contribution is 7.18. The summed E-state index contributed by atoms with van der Waals surface area (Å²) in [5.41, 5.74) is 5.51.